The van der Waals surface area contributed by atoms with E-state index < -0.39 is 15.9 Å². The number of amides is 1. The van der Waals surface area contributed by atoms with Crippen molar-refractivity contribution in [2.24, 2.45) is 7.05 Å². The van der Waals surface area contributed by atoms with Gasteiger partial charge in [0.05, 0.1) is 4.90 Å². The van der Waals surface area contributed by atoms with E-state index in [0.717, 1.165) is 12.8 Å². The van der Waals surface area contributed by atoms with Gasteiger partial charge in [-0.3, -0.25) is 10.2 Å². The minimum atomic E-state index is -3.80. The van der Waals surface area contributed by atoms with Gasteiger partial charge in [0.25, 0.3) is 15.9 Å². The number of hydrazine groups is 1. The summed E-state index contributed by atoms with van der Waals surface area (Å²) in [6.07, 6.45) is 7.80. The molecule has 134 valence electrons. The van der Waals surface area contributed by atoms with Gasteiger partial charge in [0.1, 0.15) is 5.69 Å². The van der Waals surface area contributed by atoms with Gasteiger partial charge in [-0.05, 0) is 48.6 Å². The third-order valence-corrected chi connectivity index (χ3v) is 6.01. The molecule has 2 aromatic rings. The van der Waals surface area contributed by atoms with Crippen LogP contribution in [0.3, 0.4) is 0 Å². The monoisotopic (exact) mass is 361 g/mol. The van der Waals surface area contributed by atoms with Gasteiger partial charge in [0.2, 0.25) is 0 Å². The van der Waals surface area contributed by atoms with Gasteiger partial charge in [0, 0.05) is 13.2 Å². The SMILES string of the molecule is Cn1cccc1C(=O)NNS(=O)(=O)c1ccc(C2CCCCC2)cc1. The maximum absolute atomic E-state index is 12.3. The highest BCUT2D eigenvalue weighted by Gasteiger charge is 2.19. The second-order valence-corrected chi connectivity index (χ2v) is 8.15. The Kier molecular flexibility index (Phi) is 5.24. The molecule has 1 heterocycles. The number of nitrogens with one attached hydrogen (secondary N) is 2. The van der Waals surface area contributed by atoms with E-state index in [2.05, 4.69) is 10.3 Å². The number of carbonyl (C=O) groups excluding carboxylic acids is 1. The van der Waals surface area contributed by atoms with E-state index in [9.17, 15) is 13.2 Å². The highest BCUT2D eigenvalue weighted by atomic mass is 32.2. The maximum Gasteiger partial charge on any atom is 0.282 e. The van der Waals surface area contributed by atoms with Crippen molar-refractivity contribution in [2.45, 2.75) is 42.9 Å². The first-order valence-electron chi connectivity index (χ1n) is 8.51. The van der Waals surface area contributed by atoms with Crippen LogP contribution in [0.1, 0.15) is 54.1 Å². The molecule has 2 N–H and O–H groups in total. The molecule has 1 saturated carbocycles. The molecule has 1 aliphatic carbocycles. The van der Waals surface area contributed by atoms with Gasteiger partial charge < -0.3 is 4.57 Å². The largest absolute Gasteiger partial charge is 0.347 e. The van der Waals surface area contributed by atoms with Crippen molar-refractivity contribution < 1.29 is 13.2 Å². The van der Waals surface area contributed by atoms with Gasteiger partial charge in [-0.15, -0.1) is 4.83 Å². The summed E-state index contributed by atoms with van der Waals surface area (Å²) in [6.45, 7) is 0. The Hall–Kier alpha value is -2.12. The number of aromatic nitrogens is 1. The van der Waals surface area contributed by atoms with Crippen molar-refractivity contribution in [3.8, 4) is 0 Å². The van der Waals surface area contributed by atoms with E-state index in [4.69, 9.17) is 0 Å². The summed E-state index contributed by atoms with van der Waals surface area (Å²) in [7, 11) is -2.08. The number of hydrogen-bond acceptors (Lipinski definition) is 3. The number of carbonyl (C=O) groups is 1. The van der Waals surface area contributed by atoms with Gasteiger partial charge in [-0.1, -0.05) is 31.4 Å². The van der Waals surface area contributed by atoms with E-state index >= 15 is 0 Å². The number of rotatable bonds is 5. The molecule has 1 aliphatic rings. The average molecular weight is 361 g/mol. The lowest BCUT2D eigenvalue weighted by Gasteiger charge is -2.22. The van der Waals surface area contributed by atoms with E-state index in [0.29, 0.717) is 11.6 Å². The fourth-order valence-corrected chi connectivity index (χ4v) is 4.13. The summed E-state index contributed by atoms with van der Waals surface area (Å²) in [5.74, 6) is 0.0189. The zero-order chi connectivity index (χ0) is 17.9. The van der Waals surface area contributed by atoms with Crippen molar-refractivity contribution in [1.82, 2.24) is 14.8 Å². The van der Waals surface area contributed by atoms with Crippen LogP contribution in [-0.2, 0) is 17.1 Å². The van der Waals surface area contributed by atoms with Gasteiger partial charge in [-0.25, -0.2) is 8.42 Å². The van der Waals surface area contributed by atoms with Crippen LogP contribution in [0.4, 0.5) is 0 Å². The Balaban J connectivity index is 1.65. The molecule has 7 heteroatoms. The Morgan fingerprint density at radius 3 is 2.36 bits per heavy atom. The molecule has 6 nitrogen and oxygen atoms in total. The minimum Gasteiger partial charge on any atom is -0.347 e. The fraction of sp³-hybridized carbons (Fsp3) is 0.389. The average Bonchev–Trinajstić information content (AvgIpc) is 3.07. The number of sulfonamides is 1. The lowest BCUT2D eigenvalue weighted by molar-refractivity contribution is 0.0937. The molecule has 1 aromatic heterocycles. The van der Waals surface area contributed by atoms with Gasteiger partial charge in [0.15, 0.2) is 0 Å². The molecule has 0 unspecified atom stereocenters. The normalized spacial score (nSPS) is 15.9. The van der Waals surface area contributed by atoms with E-state index in [1.165, 1.54) is 24.8 Å². The molecule has 0 atom stereocenters. The fourth-order valence-electron chi connectivity index (χ4n) is 3.29. The van der Waals surface area contributed by atoms with Crippen LogP contribution in [0.15, 0.2) is 47.5 Å². The second-order valence-electron chi connectivity index (χ2n) is 6.47. The van der Waals surface area contributed by atoms with Gasteiger partial charge in [-0.2, -0.15) is 0 Å². The van der Waals surface area contributed by atoms with Crippen molar-refractivity contribution >= 4 is 15.9 Å². The Morgan fingerprint density at radius 2 is 1.76 bits per heavy atom. The molecule has 0 radical (unpaired) electrons. The van der Waals surface area contributed by atoms with Crippen LogP contribution in [-0.4, -0.2) is 18.9 Å². The minimum absolute atomic E-state index is 0.138. The predicted molar refractivity (Wildman–Crippen MR) is 95.5 cm³/mol. The van der Waals surface area contributed by atoms with Gasteiger partial charge >= 0.3 is 0 Å². The molecule has 1 fully saturated rings. The third-order valence-electron chi connectivity index (χ3n) is 4.74. The Morgan fingerprint density at radius 1 is 1.08 bits per heavy atom. The molecule has 0 aliphatic heterocycles. The molecule has 25 heavy (non-hydrogen) atoms. The lowest BCUT2D eigenvalue weighted by Crippen LogP contribution is -2.42. The summed E-state index contributed by atoms with van der Waals surface area (Å²) < 4.78 is 26.3. The van der Waals surface area contributed by atoms with E-state index in [1.807, 2.05) is 12.1 Å². The zero-order valence-corrected chi connectivity index (χ0v) is 15.1. The summed E-state index contributed by atoms with van der Waals surface area (Å²) in [6, 6.07) is 10.3. The first-order chi connectivity index (χ1) is 12.0. The summed E-state index contributed by atoms with van der Waals surface area (Å²) in [5, 5.41) is 0. The molecule has 0 saturated heterocycles. The molecule has 1 aromatic carbocycles. The molecule has 1 amide bonds. The van der Waals surface area contributed by atoms with Crippen LogP contribution >= 0.6 is 0 Å². The van der Waals surface area contributed by atoms with Crippen molar-refractivity contribution in [2.75, 3.05) is 0 Å². The van der Waals surface area contributed by atoms with E-state index in [1.54, 1.807) is 42.1 Å². The van der Waals surface area contributed by atoms with Crippen LogP contribution in [0.25, 0.3) is 0 Å². The van der Waals surface area contributed by atoms with Crippen LogP contribution in [0.2, 0.25) is 0 Å². The lowest BCUT2D eigenvalue weighted by atomic mass is 9.84. The zero-order valence-electron chi connectivity index (χ0n) is 14.2. The van der Waals surface area contributed by atoms with Crippen molar-refractivity contribution in [1.29, 1.82) is 0 Å². The summed E-state index contributed by atoms with van der Waals surface area (Å²) >= 11 is 0. The summed E-state index contributed by atoms with van der Waals surface area (Å²) in [5.41, 5.74) is 3.80. The number of aryl methyl sites for hydroxylation is 1. The number of hydrogen-bond donors (Lipinski definition) is 2. The van der Waals surface area contributed by atoms with E-state index in [-0.39, 0.29) is 4.90 Å². The maximum atomic E-state index is 12.3. The standard InChI is InChI=1S/C18H23N3O3S/c1-21-13-5-8-17(21)18(22)19-20-25(23,24)16-11-9-15(10-12-16)14-6-3-2-4-7-14/h5,8-14,20H,2-4,6-7H2,1H3,(H,19,22). The first-order valence-corrected chi connectivity index (χ1v) is 9.99. The molecular weight excluding hydrogens is 338 g/mol. The smallest absolute Gasteiger partial charge is 0.282 e. The predicted octanol–water partition coefficient (Wildman–Crippen LogP) is 2.70. The highest BCUT2D eigenvalue weighted by molar-refractivity contribution is 7.89. The molecule has 3 rings (SSSR count). The van der Waals surface area contributed by atoms with Crippen molar-refractivity contribution in [3.63, 3.8) is 0 Å². The third kappa shape index (κ3) is 4.11. The number of benzene rings is 1. The van der Waals surface area contributed by atoms with Crippen LogP contribution in [0, 0.1) is 0 Å². The summed E-state index contributed by atoms with van der Waals surface area (Å²) in [4.78, 5) is 14.3. The number of nitrogens with zero attached hydrogens (tertiary/aromatic N) is 1. The van der Waals surface area contributed by atoms with Crippen molar-refractivity contribution in [3.05, 3.63) is 53.9 Å². The first kappa shape index (κ1) is 17.7. The molecular formula is C18H23N3O3S. The van der Waals surface area contributed by atoms with Crippen LogP contribution in [0.5, 0.6) is 0 Å². The Labute approximate surface area is 148 Å². The van der Waals surface area contributed by atoms with Crippen LogP contribution < -0.4 is 10.3 Å². The Bertz CT molecular complexity index is 835. The topological polar surface area (TPSA) is 80.2 Å². The molecule has 0 bridgehead atoms. The highest BCUT2D eigenvalue weighted by Crippen LogP contribution is 2.32. The quantitative estimate of drug-likeness (QED) is 0.804. The molecule has 0 spiro atoms. The second kappa shape index (κ2) is 7.41.